The van der Waals surface area contributed by atoms with Crippen LogP contribution in [0.1, 0.15) is 39.8 Å². The Hall–Kier alpha value is -1.73. The van der Waals surface area contributed by atoms with Gasteiger partial charge in [0.05, 0.1) is 17.8 Å². The van der Waals surface area contributed by atoms with Gasteiger partial charge in [0.25, 0.3) is 0 Å². The van der Waals surface area contributed by atoms with Gasteiger partial charge in [-0.2, -0.15) is 0 Å². The SMILES string of the molecule is C=CC(=O)CCc1cn(CC2OC(OC(C)(C)C)C(O)C(O)C2OC(OC)C(C)O)nn1. The van der Waals surface area contributed by atoms with E-state index < -0.39 is 48.7 Å². The third-order valence-corrected chi connectivity index (χ3v) is 4.84. The first-order chi connectivity index (χ1) is 14.9. The predicted molar refractivity (Wildman–Crippen MR) is 112 cm³/mol. The van der Waals surface area contributed by atoms with Gasteiger partial charge in [0.1, 0.15) is 30.5 Å². The topological polar surface area (TPSA) is 145 Å². The number of allylic oxidation sites excluding steroid dienone is 1. The van der Waals surface area contributed by atoms with Gasteiger partial charge in [-0.25, -0.2) is 4.68 Å². The van der Waals surface area contributed by atoms with Crippen molar-refractivity contribution in [2.24, 2.45) is 0 Å². The van der Waals surface area contributed by atoms with Crippen LogP contribution in [0.4, 0.5) is 0 Å². The Labute approximate surface area is 187 Å². The maximum absolute atomic E-state index is 11.4. The smallest absolute Gasteiger partial charge is 0.187 e. The maximum atomic E-state index is 11.4. The van der Waals surface area contributed by atoms with Crippen LogP contribution in [0.3, 0.4) is 0 Å². The Bertz CT molecular complexity index is 748. The highest BCUT2D eigenvalue weighted by Gasteiger charge is 2.48. The quantitative estimate of drug-likeness (QED) is 0.306. The van der Waals surface area contributed by atoms with Crippen LogP contribution >= 0.6 is 0 Å². The molecule has 1 aliphatic rings. The van der Waals surface area contributed by atoms with E-state index in [1.165, 1.54) is 24.8 Å². The van der Waals surface area contributed by atoms with E-state index in [0.29, 0.717) is 12.1 Å². The first-order valence-electron chi connectivity index (χ1n) is 10.5. The van der Waals surface area contributed by atoms with Gasteiger partial charge < -0.3 is 34.3 Å². The molecule has 7 atom stereocenters. The van der Waals surface area contributed by atoms with Gasteiger partial charge in [0.15, 0.2) is 18.4 Å². The number of methoxy groups -OCH3 is 1. The molecular formula is C21H35N3O8. The number of carbonyl (C=O) groups excluding carboxylic acids is 1. The summed E-state index contributed by atoms with van der Waals surface area (Å²) in [6.45, 7) is 10.4. The molecular weight excluding hydrogens is 422 g/mol. The Morgan fingerprint density at radius 2 is 2.06 bits per heavy atom. The van der Waals surface area contributed by atoms with Crippen LogP contribution in [-0.4, -0.2) is 91.9 Å². The second-order valence-corrected chi connectivity index (χ2v) is 8.80. The number of carbonyl (C=O) groups is 1. The van der Waals surface area contributed by atoms with Crippen LogP contribution in [0.2, 0.25) is 0 Å². The monoisotopic (exact) mass is 457 g/mol. The first-order valence-corrected chi connectivity index (χ1v) is 10.5. The third kappa shape index (κ3) is 7.41. The summed E-state index contributed by atoms with van der Waals surface area (Å²) in [6, 6.07) is 0. The maximum Gasteiger partial charge on any atom is 0.187 e. The summed E-state index contributed by atoms with van der Waals surface area (Å²) in [6.07, 6.45) is -4.21. The Balaban J connectivity index is 2.21. The zero-order valence-electron chi connectivity index (χ0n) is 19.2. The average Bonchev–Trinajstić information content (AvgIpc) is 3.16. The highest BCUT2D eigenvalue weighted by molar-refractivity contribution is 5.89. The molecule has 7 unspecified atom stereocenters. The fourth-order valence-electron chi connectivity index (χ4n) is 3.27. The third-order valence-electron chi connectivity index (χ3n) is 4.84. The van der Waals surface area contributed by atoms with Crippen LogP contribution < -0.4 is 0 Å². The molecule has 3 N–H and O–H groups in total. The van der Waals surface area contributed by atoms with Crippen molar-refractivity contribution in [1.29, 1.82) is 0 Å². The Morgan fingerprint density at radius 3 is 2.62 bits per heavy atom. The number of ether oxygens (including phenoxy) is 4. The van der Waals surface area contributed by atoms with Gasteiger partial charge in [-0.15, -0.1) is 5.10 Å². The molecule has 1 fully saturated rings. The largest absolute Gasteiger partial charge is 0.388 e. The van der Waals surface area contributed by atoms with Crippen molar-refractivity contribution in [3.05, 3.63) is 24.5 Å². The molecule has 0 saturated carbocycles. The molecule has 0 bridgehead atoms. The molecule has 0 radical (unpaired) electrons. The van der Waals surface area contributed by atoms with E-state index in [2.05, 4.69) is 16.9 Å². The molecule has 182 valence electrons. The van der Waals surface area contributed by atoms with Crippen molar-refractivity contribution in [2.45, 2.75) is 95.8 Å². The Morgan fingerprint density at radius 1 is 1.38 bits per heavy atom. The van der Waals surface area contributed by atoms with E-state index in [1.54, 1.807) is 27.0 Å². The standard InChI is InChI=1S/C21H35N3O8/c1-7-14(26)9-8-13-10-24(23-22-13)11-15-18(31-19(29-6)12(2)25)16(27)17(28)20(30-15)32-21(3,4)5/h7,10,12,15-20,25,27-28H,1,8-9,11H2,2-6H3. The van der Waals surface area contributed by atoms with Crippen LogP contribution in [-0.2, 0) is 36.7 Å². The van der Waals surface area contributed by atoms with Gasteiger partial charge in [-0.1, -0.05) is 11.8 Å². The van der Waals surface area contributed by atoms with Crippen LogP contribution in [0.5, 0.6) is 0 Å². The summed E-state index contributed by atoms with van der Waals surface area (Å²) >= 11 is 0. The number of aliphatic hydroxyl groups excluding tert-OH is 3. The van der Waals surface area contributed by atoms with Crippen molar-refractivity contribution < 1.29 is 39.1 Å². The molecule has 11 nitrogen and oxygen atoms in total. The molecule has 2 heterocycles. The fourth-order valence-corrected chi connectivity index (χ4v) is 3.27. The number of hydrogen-bond donors (Lipinski definition) is 3. The zero-order valence-corrected chi connectivity index (χ0v) is 19.2. The lowest BCUT2D eigenvalue weighted by molar-refractivity contribution is -0.343. The van der Waals surface area contributed by atoms with Crippen molar-refractivity contribution in [3.8, 4) is 0 Å². The summed E-state index contributed by atoms with van der Waals surface area (Å²) in [5, 5.41) is 39.4. The summed E-state index contributed by atoms with van der Waals surface area (Å²) < 4.78 is 24.2. The lowest BCUT2D eigenvalue weighted by atomic mass is 9.98. The number of ketones is 1. The van der Waals surface area contributed by atoms with Crippen molar-refractivity contribution >= 4 is 5.78 Å². The zero-order chi connectivity index (χ0) is 24.1. The number of rotatable bonds is 11. The number of nitrogens with zero attached hydrogens (tertiary/aromatic N) is 3. The number of aromatic nitrogens is 3. The van der Waals surface area contributed by atoms with E-state index >= 15 is 0 Å². The Kier molecular flexibility index (Phi) is 9.46. The summed E-state index contributed by atoms with van der Waals surface area (Å²) in [5.41, 5.74) is -0.0357. The van der Waals surface area contributed by atoms with E-state index in [4.69, 9.17) is 18.9 Å². The number of aryl methyl sites for hydroxylation is 1. The summed E-state index contributed by atoms with van der Waals surface area (Å²) in [7, 11) is 1.36. The summed E-state index contributed by atoms with van der Waals surface area (Å²) in [5.74, 6) is -0.0911. The van der Waals surface area contributed by atoms with Gasteiger partial charge in [0.2, 0.25) is 0 Å². The van der Waals surface area contributed by atoms with Gasteiger partial charge in [0, 0.05) is 26.1 Å². The number of hydrogen-bond acceptors (Lipinski definition) is 10. The van der Waals surface area contributed by atoms with E-state index in [-0.39, 0.29) is 18.7 Å². The molecule has 0 aliphatic carbocycles. The molecule has 1 saturated heterocycles. The lowest BCUT2D eigenvalue weighted by Crippen LogP contribution is -2.62. The fraction of sp³-hybridized carbons (Fsp3) is 0.762. The molecule has 0 aromatic carbocycles. The molecule has 11 heteroatoms. The van der Waals surface area contributed by atoms with Crippen LogP contribution in [0.25, 0.3) is 0 Å². The molecule has 1 aliphatic heterocycles. The van der Waals surface area contributed by atoms with Crippen molar-refractivity contribution in [1.82, 2.24) is 15.0 Å². The minimum atomic E-state index is -1.39. The van der Waals surface area contributed by atoms with Gasteiger partial charge >= 0.3 is 0 Å². The second kappa shape index (κ2) is 11.4. The molecule has 0 spiro atoms. The first kappa shape index (κ1) is 26.5. The van der Waals surface area contributed by atoms with E-state index in [9.17, 15) is 20.1 Å². The van der Waals surface area contributed by atoms with Crippen molar-refractivity contribution in [3.63, 3.8) is 0 Å². The minimum absolute atomic E-state index is 0.0911. The highest BCUT2D eigenvalue weighted by Crippen LogP contribution is 2.29. The van der Waals surface area contributed by atoms with E-state index in [0.717, 1.165) is 0 Å². The normalized spacial score (nSPS) is 28.3. The van der Waals surface area contributed by atoms with Gasteiger partial charge in [-0.05, 0) is 33.8 Å². The van der Waals surface area contributed by atoms with Gasteiger partial charge in [-0.3, -0.25) is 4.79 Å². The second-order valence-electron chi connectivity index (χ2n) is 8.80. The average molecular weight is 458 g/mol. The molecule has 2 rings (SSSR count). The van der Waals surface area contributed by atoms with Crippen molar-refractivity contribution in [2.75, 3.05) is 7.11 Å². The van der Waals surface area contributed by atoms with E-state index in [1.807, 2.05) is 0 Å². The summed E-state index contributed by atoms with van der Waals surface area (Å²) in [4.78, 5) is 11.4. The van der Waals surface area contributed by atoms with Crippen LogP contribution in [0.15, 0.2) is 18.9 Å². The number of aliphatic hydroxyl groups is 3. The van der Waals surface area contributed by atoms with Crippen LogP contribution in [0, 0.1) is 0 Å². The minimum Gasteiger partial charge on any atom is -0.388 e. The molecule has 0 amide bonds. The molecule has 32 heavy (non-hydrogen) atoms. The lowest BCUT2D eigenvalue weighted by Gasteiger charge is -2.44. The molecule has 1 aromatic heterocycles. The predicted octanol–water partition coefficient (Wildman–Crippen LogP) is -0.0339. The highest BCUT2D eigenvalue weighted by atomic mass is 16.7. The molecule has 1 aromatic rings.